The van der Waals surface area contributed by atoms with E-state index in [0.717, 1.165) is 5.56 Å². The van der Waals surface area contributed by atoms with Crippen LogP contribution in [-0.2, 0) is 10.0 Å². The lowest BCUT2D eigenvalue weighted by molar-refractivity contribution is 0.601. The van der Waals surface area contributed by atoms with Gasteiger partial charge >= 0.3 is 0 Å². The van der Waals surface area contributed by atoms with Gasteiger partial charge in [-0.1, -0.05) is 32.0 Å². The third-order valence-electron chi connectivity index (χ3n) is 3.97. The number of halogens is 1. The number of hydrogen-bond donors (Lipinski definition) is 2. The molecule has 0 saturated carbocycles. The molecule has 2 N–H and O–H groups in total. The van der Waals surface area contributed by atoms with E-state index in [-0.39, 0.29) is 10.7 Å². The highest BCUT2D eigenvalue weighted by Crippen LogP contribution is 2.21. The number of nitrogens with one attached hydrogen (secondary N) is 2. The van der Waals surface area contributed by atoms with Gasteiger partial charge in [-0.15, -0.1) is 0 Å². The first-order valence-electron chi connectivity index (χ1n) is 8.45. The molecule has 7 heteroatoms. The monoisotopic (exact) mass is 385 g/mol. The van der Waals surface area contributed by atoms with E-state index in [2.05, 4.69) is 15.0 Å². The fourth-order valence-electron chi connectivity index (χ4n) is 2.49. The van der Waals surface area contributed by atoms with Gasteiger partial charge in [-0.3, -0.25) is 4.72 Å². The van der Waals surface area contributed by atoms with E-state index in [4.69, 9.17) is 0 Å². The number of pyridine rings is 1. The third kappa shape index (κ3) is 4.83. The highest BCUT2D eigenvalue weighted by Gasteiger charge is 2.14. The lowest BCUT2D eigenvalue weighted by Gasteiger charge is -2.11. The molecule has 0 amide bonds. The molecule has 0 aliphatic heterocycles. The minimum atomic E-state index is -3.69. The van der Waals surface area contributed by atoms with Gasteiger partial charge in [0.05, 0.1) is 16.8 Å². The lowest BCUT2D eigenvalue weighted by Crippen LogP contribution is -2.13. The molecule has 0 aliphatic rings. The number of rotatable bonds is 6. The summed E-state index contributed by atoms with van der Waals surface area (Å²) in [5.41, 5.74) is 1.97. The molecule has 0 saturated heterocycles. The van der Waals surface area contributed by atoms with Gasteiger partial charge in [-0.05, 0) is 53.9 Å². The predicted molar refractivity (Wildman–Crippen MR) is 105 cm³/mol. The van der Waals surface area contributed by atoms with Crippen LogP contribution in [0, 0.1) is 5.82 Å². The zero-order chi connectivity index (χ0) is 19.4. The Kier molecular flexibility index (Phi) is 5.41. The average molecular weight is 385 g/mol. The van der Waals surface area contributed by atoms with E-state index in [9.17, 15) is 12.8 Å². The Morgan fingerprint density at radius 3 is 2.30 bits per heavy atom. The summed E-state index contributed by atoms with van der Waals surface area (Å²) in [6.07, 6.45) is 1.40. The SMILES string of the molecule is CC(C)c1ccc(S(=O)(=O)Nc2ccc(Nc3cccc(F)c3)nc2)cc1. The molecule has 5 nitrogen and oxygen atoms in total. The van der Waals surface area contributed by atoms with Crippen LogP contribution in [0.4, 0.5) is 21.6 Å². The molecule has 3 aromatic rings. The Morgan fingerprint density at radius 2 is 1.70 bits per heavy atom. The molecule has 1 heterocycles. The van der Waals surface area contributed by atoms with Crippen LogP contribution in [0.2, 0.25) is 0 Å². The fraction of sp³-hybridized carbons (Fsp3) is 0.150. The van der Waals surface area contributed by atoms with Crippen molar-refractivity contribution in [3.63, 3.8) is 0 Å². The van der Waals surface area contributed by atoms with E-state index in [0.29, 0.717) is 23.1 Å². The van der Waals surface area contributed by atoms with Crippen molar-refractivity contribution >= 4 is 27.2 Å². The molecule has 140 valence electrons. The second kappa shape index (κ2) is 7.75. The van der Waals surface area contributed by atoms with Crippen molar-refractivity contribution < 1.29 is 12.8 Å². The number of anilines is 3. The van der Waals surface area contributed by atoms with Crippen molar-refractivity contribution in [2.75, 3.05) is 10.0 Å². The Bertz CT molecular complexity index is 1020. The van der Waals surface area contributed by atoms with E-state index < -0.39 is 10.0 Å². The number of sulfonamides is 1. The first-order valence-corrected chi connectivity index (χ1v) is 9.93. The molecular formula is C20H20FN3O2S. The number of nitrogens with zero attached hydrogens (tertiary/aromatic N) is 1. The standard InChI is InChI=1S/C20H20FN3O2S/c1-14(2)15-6-9-19(10-7-15)27(25,26)24-18-8-11-20(22-13-18)23-17-5-3-4-16(21)12-17/h3-14,24H,1-2H3,(H,22,23). The Balaban J connectivity index is 1.71. The normalized spacial score (nSPS) is 11.4. The molecule has 1 aromatic heterocycles. The predicted octanol–water partition coefficient (Wildman–Crippen LogP) is 4.89. The zero-order valence-corrected chi connectivity index (χ0v) is 15.8. The summed E-state index contributed by atoms with van der Waals surface area (Å²) in [5, 5.41) is 2.95. The second-order valence-electron chi connectivity index (χ2n) is 6.40. The summed E-state index contributed by atoms with van der Waals surface area (Å²) in [6.45, 7) is 4.10. The van der Waals surface area contributed by atoms with E-state index >= 15 is 0 Å². The molecule has 0 bridgehead atoms. The van der Waals surface area contributed by atoms with Crippen molar-refractivity contribution in [1.82, 2.24) is 4.98 Å². The first-order chi connectivity index (χ1) is 12.8. The van der Waals surface area contributed by atoms with Crippen LogP contribution < -0.4 is 10.0 Å². The molecule has 0 unspecified atom stereocenters. The Labute approximate surface area is 158 Å². The van der Waals surface area contributed by atoms with Crippen LogP contribution in [0.3, 0.4) is 0 Å². The summed E-state index contributed by atoms with van der Waals surface area (Å²) in [7, 11) is -3.69. The summed E-state index contributed by atoms with van der Waals surface area (Å²) in [5.74, 6) is 0.453. The van der Waals surface area contributed by atoms with Crippen molar-refractivity contribution in [3.8, 4) is 0 Å². The van der Waals surface area contributed by atoms with Gasteiger partial charge in [0.15, 0.2) is 0 Å². The van der Waals surface area contributed by atoms with Gasteiger partial charge in [0.1, 0.15) is 11.6 Å². The minimum Gasteiger partial charge on any atom is -0.340 e. The van der Waals surface area contributed by atoms with Gasteiger partial charge in [0.25, 0.3) is 10.0 Å². The van der Waals surface area contributed by atoms with E-state index in [1.165, 1.54) is 18.3 Å². The average Bonchev–Trinajstić information content (AvgIpc) is 2.63. The smallest absolute Gasteiger partial charge is 0.261 e. The molecule has 27 heavy (non-hydrogen) atoms. The van der Waals surface area contributed by atoms with Crippen molar-refractivity contribution in [3.05, 3.63) is 78.2 Å². The second-order valence-corrected chi connectivity index (χ2v) is 8.08. The maximum atomic E-state index is 13.2. The van der Waals surface area contributed by atoms with Crippen LogP contribution in [0.1, 0.15) is 25.3 Å². The molecule has 0 radical (unpaired) electrons. The van der Waals surface area contributed by atoms with Gasteiger partial charge in [0.2, 0.25) is 0 Å². The summed E-state index contributed by atoms with van der Waals surface area (Å²) >= 11 is 0. The first kappa shape index (κ1) is 18.8. The van der Waals surface area contributed by atoms with Crippen LogP contribution in [0.25, 0.3) is 0 Å². The van der Waals surface area contributed by atoms with E-state index in [1.807, 2.05) is 26.0 Å². The number of aromatic nitrogens is 1. The van der Waals surface area contributed by atoms with E-state index in [1.54, 1.807) is 36.4 Å². The zero-order valence-electron chi connectivity index (χ0n) is 15.0. The number of hydrogen-bond acceptors (Lipinski definition) is 4. The van der Waals surface area contributed by atoms with Crippen LogP contribution >= 0.6 is 0 Å². The molecule has 0 aliphatic carbocycles. The molecular weight excluding hydrogens is 365 g/mol. The fourth-order valence-corrected chi connectivity index (χ4v) is 3.53. The molecule has 2 aromatic carbocycles. The minimum absolute atomic E-state index is 0.189. The summed E-state index contributed by atoms with van der Waals surface area (Å²) in [6, 6.07) is 16.0. The van der Waals surface area contributed by atoms with Gasteiger partial charge in [-0.25, -0.2) is 17.8 Å². The van der Waals surface area contributed by atoms with Crippen molar-refractivity contribution in [2.24, 2.45) is 0 Å². The molecule has 0 spiro atoms. The maximum Gasteiger partial charge on any atom is 0.261 e. The Hall–Kier alpha value is -2.93. The van der Waals surface area contributed by atoms with Crippen molar-refractivity contribution in [1.29, 1.82) is 0 Å². The Morgan fingerprint density at radius 1 is 0.963 bits per heavy atom. The summed E-state index contributed by atoms with van der Waals surface area (Å²) < 4.78 is 40.7. The van der Waals surface area contributed by atoms with Crippen molar-refractivity contribution in [2.45, 2.75) is 24.7 Å². The largest absolute Gasteiger partial charge is 0.340 e. The molecule has 0 atom stereocenters. The highest BCUT2D eigenvalue weighted by atomic mass is 32.2. The number of benzene rings is 2. The topological polar surface area (TPSA) is 71.1 Å². The third-order valence-corrected chi connectivity index (χ3v) is 5.37. The van der Waals surface area contributed by atoms with Crippen LogP contribution in [0.15, 0.2) is 71.8 Å². The van der Waals surface area contributed by atoms with Crippen LogP contribution in [-0.4, -0.2) is 13.4 Å². The van der Waals surface area contributed by atoms with Gasteiger partial charge in [-0.2, -0.15) is 0 Å². The van der Waals surface area contributed by atoms with Gasteiger partial charge in [0, 0.05) is 5.69 Å². The lowest BCUT2D eigenvalue weighted by atomic mass is 10.0. The maximum absolute atomic E-state index is 13.2. The van der Waals surface area contributed by atoms with Gasteiger partial charge < -0.3 is 5.32 Å². The quantitative estimate of drug-likeness (QED) is 0.634. The molecule has 0 fully saturated rings. The highest BCUT2D eigenvalue weighted by molar-refractivity contribution is 7.92. The summed E-state index contributed by atoms with van der Waals surface area (Å²) in [4.78, 5) is 4.35. The molecule has 3 rings (SSSR count). The van der Waals surface area contributed by atoms with Crippen LogP contribution in [0.5, 0.6) is 0 Å².